The number of morpholine rings is 1. The van der Waals surface area contributed by atoms with Crippen LogP contribution in [0.2, 0.25) is 0 Å². The predicted octanol–water partition coefficient (Wildman–Crippen LogP) is 3.98. The summed E-state index contributed by atoms with van der Waals surface area (Å²) in [6.07, 6.45) is 1.72. The summed E-state index contributed by atoms with van der Waals surface area (Å²) >= 11 is 0. The molecule has 2 heterocycles. The summed E-state index contributed by atoms with van der Waals surface area (Å²) in [7, 11) is 0. The Morgan fingerprint density at radius 2 is 1.77 bits per heavy atom. The van der Waals surface area contributed by atoms with Crippen LogP contribution in [0.4, 0.5) is 5.69 Å². The van der Waals surface area contributed by atoms with Crippen LogP contribution >= 0.6 is 0 Å². The van der Waals surface area contributed by atoms with Gasteiger partial charge in [0.05, 0.1) is 26.0 Å². The summed E-state index contributed by atoms with van der Waals surface area (Å²) in [4.78, 5) is 26.9. The van der Waals surface area contributed by atoms with Crippen molar-refractivity contribution in [3.8, 4) is 11.5 Å². The highest BCUT2D eigenvalue weighted by Gasteiger charge is 2.28. The largest absolute Gasteiger partial charge is 0.461 e. The minimum atomic E-state index is -0.168. The quantitative estimate of drug-likeness (QED) is 0.555. The van der Waals surface area contributed by atoms with Gasteiger partial charge in [-0.3, -0.25) is 14.5 Å². The van der Waals surface area contributed by atoms with Gasteiger partial charge >= 0.3 is 0 Å². The van der Waals surface area contributed by atoms with Crippen LogP contribution in [-0.4, -0.2) is 48.9 Å². The number of ketones is 1. The lowest BCUT2D eigenvalue weighted by Crippen LogP contribution is -2.49. The zero-order chi connectivity index (χ0) is 21.5. The number of rotatable bonds is 8. The highest BCUT2D eigenvalue weighted by Crippen LogP contribution is 2.23. The molecule has 7 nitrogen and oxygen atoms in total. The number of nitrogens with zero attached hydrogens (tertiary/aromatic N) is 1. The summed E-state index contributed by atoms with van der Waals surface area (Å²) in [5.74, 6) is 1.53. The highest BCUT2D eigenvalue weighted by atomic mass is 16.5. The second-order valence-corrected chi connectivity index (χ2v) is 7.29. The number of hydrogen-bond acceptors (Lipinski definition) is 6. The zero-order valence-corrected chi connectivity index (χ0v) is 17.0. The number of amides is 1. The van der Waals surface area contributed by atoms with Crippen LogP contribution in [-0.2, 0) is 9.53 Å². The van der Waals surface area contributed by atoms with E-state index in [9.17, 15) is 9.59 Å². The molecule has 1 fully saturated rings. The first-order chi connectivity index (χ1) is 15.2. The van der Waals surface area contributed by atoms with Crippen molar-refractivity contribution in [1.82, 2.24) is 4.90 Å². The lowest BCUT2D eigenvalue weighted by atomic mass is 10.1. The maximum atomic E-state index is 12.6. The standard InChI is InChI=1S/C24H24N2O5/c27-22(23-7-4-13-30-23)15-19-17-29-14-12-26(19)16-24(28)25-18-8-10-21(11-9-18)31-20-5-2-1-3-6-20/h1-11,13,19H,12,14-17H2,(H,25,28). The normalized spacial score (nSPS) is 16.6. The van der Waals surface area contributed by atoms with Crippen LogP contribution in [0.25, 0.3) is 0 Å². The zero-order valence-electron chi connectivity index (χ0n) is 17.0. The van der Waals surface area contributed by atoms with Gasteiger partial charge in [0.1, 0.15) is 11.5 Å². The number of benzene rings is 2. The molecule has 2 aromatic carbocycles. The van der Waals surface area contributed by atoms with Gasteiger partial charge in [-0.25, -0.2) is 0 Å². The summed E-state index contributed by atoms with van der Waals surface area (Å²) in [5, 5.41) is 2.90. The van der Waals surface area contributed by atoms with Gasteiger partial charge in [-0.1, -0.05) is 18.2 Å². The third-order valence-corrected chi connectivity index (χ3v) is 5.03. The van der Waals surface area contributed by atoms with Crippen LogP contribution in [0.15, 0.2) is 77.4 Å². The molecule has 0 aliphatic carbocycles. The Kier molecular flexibility index (Phi) is 6.76. The molecule has 1 saturated heterocycles. The predicted molar refractivity (Wildman–Crippen MR) is 115 cm³/mol. The molecular formula is C24H24N2O5. The van der Waals surface area contributed by atoms with E-state index >= 15 is 0 Å². The van der Waals surface area contributed by atoms with E-state index in [4.69, 9.17) is 13.9 Å². The fourth-order valence-corrected chi connectivity index (χ4v) is 3.45. The lowest BCUT2D eigenvalue weighted by molar-refractivity contribution is -0.119. The monoisotopic (exact) mass is 420 g/mol. The molecule has 7 heteroatoms. The fourth-order valence-electron chi connectivity index (χ4n) is 3.45. The van der Waals surface area contributed by atoms with Gasteiger partial charge < -0.3 is 19.2 Å². The topological polar surface area (TPSA) is 81.0 Å². The molecule has 3 aromatic rings. The van der Waals surface area contributed by atoms with Crippen molar-refractivity contribution >= 4 is 17.4 Å². The molecule has 1 N–H and O–H groups in total. The van der Waals surface area contributed by atoms with E-state index in [1.54, 1.807) is 24.3 Å². The number of ether oxygens (including phenoxy) is 2. The lowest BCUT2D eigenvalue weighted by Gasteiger charge is -2.34. The van der Waals surface area contributed by atoms with Gasteiger partial charge in [0.2, 0.25) is 5.91 Å². The molecule has 1 aliphatic rings. The molecule has 160 valence electrons. The van der Waals surface area contributed by atoms with E-state index in [1.165, 1.54) is 6.26 Å². The van der Waals surface area contributed by atoms with Crippen molar-refractivity contribution in [3.05, 3.63) is 78.8 Å². The second-order valence-electron chi connectivity index (χ2n) is 7.29. The Bertz CT molecular complexity index is 987. The molecule has 0 bridgehead atoms. The van der Waals surface area contributed by atoms with Gasteiger partial charge in [0, 0.05) is 24.7 Å². The van der Waals surface area contributed by atoms with Crippen LogP contribution in [0.5, 0.6) is 11.5 Å². The first-order valence-corrected chi connectivity index (χ1v) is 10.2. The van der Waals surface area contributed by atoms with E-state index in [1.807, 2.05) is 47.4 Å². The smallest absolute Gasteiger partial charge is 0.238 e. The van der Waals surface area contributed by atoms with Crippen molar-refractivity contribution in [1.29, 1.82) is 0 Å². The number of carbonyl (C=O) groups excluding carboxylic acids is 2. The number of nitrogens with one attached hydrogen (secondary N) is 1. The maximum absolute atomic E-state index is 12.6. The van der Waals surface area contributed by atoms with E-state index in [0.29, 0.717) is 37.0 Å². The van der Waals surface area contributed by atoms with Gasteiger partial charge in [0.15, 0.2) is 11.5 Å². The highest BCUT2D eigenvalue weighted by molar-refractivity contribution is 5.94. The molecule has 1 atom stereocenters. The Labute approximate surface area is 180 Å². The number of furan rings is 1. The summed E-state index contributed by atoms with van der Waals surface area (Å²) in [6, 6.07) is 19.9. The van der Waals surface area contributed by atoms with Crippen LogP contribution in [0.1, 0.15) is 17.0 Å². The minimum Gasteiger partial charge on any atom is -0.461 e. The summed E-state index contributed by atoms with van der Waals surface area (Å²) in [5.41, 5.74) is 0.682. The first-order valence-electron chi connectivity index (χ1n) is 10.2. The van der Waals surface area contributed by atoms with Gasteiger partial charge in [-0.05, 0) is 48.5 Å². The van der Waals surface area contributed by atoms with Crippen LogP contribution in [0.3, 0.4) is 0 Å². The molecule has 1 unspecified atom stereocenters. The molecule has 1 aromatic heterocycles. The number of Topliss-reactive ketones (excluding diaryl/α,β-unsaturated/α-hetero) is 1. The molecule has 0 saturated carbocycles. The molecule has 1 amide bonds. The Hall–Kier alpha value is -3.42. The van der Waals surface area contributed by atoms with Crippen molar-refractivity contribution in [2.45, 2.75) is 12.5 Å². The van der Waals surface area contributed by atoms with Crippen molar-refractivity contribution in [3.63, 3.8) is 0 Å². The average Bonchev–Trinajstić information content (AvgIpc) is 3.32. The third kappa shape index (κ3) is 5.81. The molecule has 1 aliphatic heterocycles. The SMILES string of the molecule is O=C(CN1CCOCC1CC(=O)c1ccco1)Nc1ccc(Oc2ccccc2)cc1. The Morgan fingerprint density at radius 3 is 2.52 bits per heavy atom. The van der Waals surface area contributed by atoms with E-state index in [2.05, 4.69) is 5.32 Å². The third-order valence-electron chi connectivity index (χ3n) is 5.03. The van der Waals surface area contributed by atoms with Crippen molar-refractivity contribution < 1.29 is 23.5 Å². The van der Waals surface area contributed by atoms with E-state index in [-0.39, 0.29) is 30.7 Å². The van der Waals surface area contributed by atoms with Gasteiger partial charge in [0.25, 0.3) is 0 Å². The Morgan fingerprint density at radius 1 is 1.00 bits per heavy atom. The molecule has 4 rings (SSSR count). The second kappa shape index (κ2) is 10.1. The minimum absolute atomic E-state index is 0.0973. The summed E-state index contributed by atoms with van der Waals surface area (Å²) in [6.45, 7) is 1.71. The summed E-state index contributed by atoms with van der Waals surface area (Å²) < 4.78 is 16.5. The molecule has 0 radical (unpaired) electrons. The van der Waals surface area contributed by atoms with Crippen molar-refractivity contribution in [2.24, 2.45) is 0 Å². The van der Waals surface area contributed by atoms with Crippen LogP contribution in [0, 0.1) is 0 Å². The maximum Gasteiger partial charge on any atom is 0.238 e. The Balaban J connectivity index is 1.31. The van der Waals surface area contributed by atoms with Crippen molar-refractivity contribution in [2.75, 3.05) is 31.6 Å². The molecular weight excluding hydrogens is 396 g/mol. The van der Waals surface area contributed by atoms with Gasteiger partial charge in [-0.15, -0.1) is 0 Å². The average molecular weight is 420 g/mol. The van der Waals surface area contributed by atoms with Crippen LogP contribution < -0.4 is 10.1 Å². The van der Waals surface area contributed by atoms with Gasteiger partial charge in [-0.2, -0.15) is 0 Å². The number of carbonyl (C=O) groups is 2. The van der Waals surface area contributed by atoms with E-state index in [0.717, 1.165) is 5.75 Å². The fraction of sp³-hybridized carbons (Fsp3) is 0.250. The number of anilines is 1. The molecule has 31 heavy (non-hydrogen) atoms. The molecule has 0 spiro atoms. The van der Waals surface area contributed by atoms with E-state index < -0.39 is 0 Å². The number of hydrogen-bond donors (Lipinski definition) is 1. The first kappa shape index (κ1) is 20.8. The number of para-hydroxylation sites is 1.